The number of pyridine rings is 1. The summed E-state index contributed by atoms with van der Waals surface area (Å²) in [7, 11) is 0. The fourth-order valence-corrected chi connectivity index (χ4v) is 7.27. The fourth-order valence-electron chi connectivity index (χ4n) is 7.27. The summed E-state index contributed by atoms with van der Waals surface area (Å²) in [6.45, 7) is 4.56. The van der Waals surface area contributed by atoms with Crippen LogP contribution in [-0.2, 0) is 0 Å². The second-order valence-electron chi connectivity index (χ2n) is 12.4. The van der Waals surface area contributed by atoms with Crippen molar-refractivity contribution in [2.24, 2.45) is 17.3 Å². The van der Waals surface area contributed by atoms with Crippen molar-refractivity contribution in [1.29, 1.82) is 0 Å². The van der Waals surface area contributed by atoms with Crippen molar-refractivity contribution in [3.05, 3.63) is 157 Å². The molecule has 0 amide bonds. The minimum Gasteiger partial charge on any atom is -0.257 e. The summed E-state index contributed by atoms with van der Waals surface area (Å²) >= 11 is 0. The highest BCUT2D eigenvalue weighted by molar-refractivity contribution is 5.89. The summed E-state index contributed by atoms with van der Waals surface area (Å²) in [5, 5.41) is 0. The SMILES string of the molecule is CC=CC1(C2CC=C(c3cccc(-c4cc(C5=CCCC=C5)cc(-c5ccccc5)c4)c3)C=C2c2ccccn2)CC1C. The minimum absolute atomic E-state index is 0.235. The lowest BCUT2D eigenvalue weighted by Crippen LogP contribution is -2.20. The number of benzene rings is 3. The van der Waals surface area contributed by atoms with E-state index in [1.165, 1.54) is 56.5 Å². The first-order chi connectivity index (χ1) is 21.1. The van der Waals surface area contributed by atoms with Crippen molar-refractivity contribution in [3.8, 4) is 22.3 Å². The van der Waals surface area contributed by atoms with Gasteiger partial charge in [-0.25, -0.2) is 0 Å². The highest BCUT2D eigenvalue weighted by atomic mass is 14.7. The Morgan fingerprint density at radius 2 is 1.44 bits per heavy atom. The van der Waals surface area contributed by atoms with Crippen molar-refractivity contribution in [3.63, 3.8) is 0 Å². The van der Waals surface area contributed by atoms with Gasteiger partial charge in [0.15, 0.2) is 0 Å². The molecule has 43 heavy (non-hydrogen) atoms. The average Bonchev–Trinajstić information content (AvgIpc) is 3.74. The molecule has 7 rings (SSSR count). The maximum absolute atomic E-state index is 4.83. The van der Waals surface area contributed by atoms with Gasteiger partial charge in [-0.3, -0.25) is 4.98 Å². The van der Waals surface area contributed by atoms with Crippen LogP contribution in [0.4, 0.5) is 0 Å². The largest absolute Gasteiger partial charge is 0.257 e. The summed E-state index contributed by atoms with van der Waals surface area (Å²) in [5.74, 6) is 1.14. The van der Waals surface area contributed by atoms with Crippen LogP contribution < -0.4 is 0 Å². The van der Waals surface area contributed by atoms with E-state index in [4.69, 9.17) is 4.98 Å². The standard InChI is InChI=1S/C42H39N/c1-3-22-42(29-30(42)2)40-21-20-35(28-39(40)41-19-10-11-23-43-41)33-17-12-18-34(24-33)38-26-36(31-13-6-4-7-14-31)25-37(27-38)32-15-8-5-9-16-32/h3-4,6-8,10-20,22-28,30,40H,5,9,21,29H2,1-2H3. The van der Waals surface area contributed by atoms with E-state index >= 15 is 0 Å². The lowest BCUT2D eigenvalue weighted by molar-refractivity contribution is 0.438. The maximum atomic E-state index is 4.83. The Hall–Kier alpha value is -4.49. The van der Waals surface area contributed by atoms with E-state index in [-0.39, 0.29) is 5.41 Å². The monoisotopic (exact) mass is 557 g/mol. The lowest BCUT2D eigenvalue weighted by atomic mass is 9.73. The molecule has 0 spiro atoms. The van der Waals surface area contributed by atoms with Crippen LogP contribution in [0.25, 0.3) is 39.0 Å². The number of rotatable bonds is 7. The molecule has 0 aliphatic heterocycles. The van der Waals surface area contributed by atoms with E-state index in [0.717, 1.165) is 25.0 Å². The zero-order valence-corrected chi connectivity index (χ0v) is 25.2. The van der Waals surface area contributed by atoms with Gasteiger partial charge in [0.05, 0.1) is 5.69 Å². The Bertz CT molecular complexity index is 1780. The Morgan fingerprint density at radius 3 is 2.16 bits per heavy atom. The fraction of sp³-hybridized carbons (Fsp3) is 0.214. The van der Waals surface area contributed by atoms with Gasteiger partial charge in [-0.1, -0.05) is 98.0 Å². The molecule has 3 atom stereocenters. The predicted molar refractivity (Wildman–Crippen MR) is 183 cm³/mol. The molecule has 1 heterocycles. The lowest BCUT2D eigenvalue weighted by Gasteiger charge is -2.31. The molecule has 3 aromatic carbocycles. The third-order valence-electron chi connectivity index (χ3n) is 9.66. The van der Waals surface area contributed by atoms with E-state index in [1.54, 1.807) is 0 Å². The number of hydrogen-bond acceptors (Lipinski definition) is 1. The molecule has 1 heteroatoms. The molecule has 3 unspecified atom stereocenters. The van der Waals surface area contributed by atoms with Gasteiger partial charge in [-0.2, -0.15) is 0 Å². The molecule has 0 radical (unpaired) electrons. The second kappa shape index (κ2) is 11.7. The van der Waals surface area contributed by atoms with Crippen LogP contribution in [0, 0.1) is 17.3 Å². The summed E-state index contributed by atoms with van der Waals surface area (Å²) in [6, 6.07) is 33.2. The Labute approximate surface area is 256 Å². The van der Waals surface area contributed by atoms with Gasteiger partial charge >= 0.3 is 0 Å². The maximum Gasteiger partial charge on any atom is 0.0665 e. The molecule has 4 aromatic rings. The van der Waals surface area contributed by atoms with Gasteiger partial charge in [-0.05, 0) is 142 Å². The van der Waals surface area contributed by atoms with Gasteiger partial charge in [0.2, 0.25) is 0 Å². The van der Waals surface area contributed by atoms with E-state index < -0.39 is 0 Å². The van der Waals surface area contributed by atoms with E-state index in [1.807, 2.05) is 12.3 Å². The molecular formula is C42H39N. The third-order valence-corrected chi connectivity index (χ3v) is 9.66. The highest BCUT2D eigenvalue weighted by Crippen LogP contribution is 2.63. The van der Waals surface area contributed by atoms with Crippen molar-refractivity contribution >= 4 is 16.7 Å². The first-order valence-corrected chi connectivity index (χ1v) is 15.8. The van der Waals surface area contributed by atoms with E-state index in [9.17, 15) is 0 Å². The molecule has 3 aliphatic carbocycles. The summed E-state index contributed by atoms with van der Waals surface area (Å²) in [5.41, 5.74) is 12.8. The van der Waals surface area contributed by atoms with Gasteiger partial charge in [0, 0.05) is 6.20 Å². The molecule has 3 aliphatic rings. The molecule has 0 bridgehead atoms. The van der Waals surface area contributed by atoms with Crippen LogP contribution in [0.2, 0.25) is 0 Å². The van der Waals surface area contributed by atoms with E-state index in [0.29, 0.717) is 11.8 Å². The first-order valence-electron chi connectivity index (χ1n) is 15.8. The van der Waals surface area contributed by atoms with Gasteiger partial charge < -0.3 is 0 Å². The van der Waals surface area contributed by atoms with Crippen LogP contribution in [0.1, 0.15) is 56.4 Å². The molecule has 0 saturated heterocycles. The molecule has 0 N–H and O–H groups in total. The van der Waals surface area contributed by atoms with Crippen molar-refractivity contribution in [2.75, 3.05) is 0 Å². The van der Waals surface area contributed by atoms with E-state index in [2.05, 4.69) is 141 Å². The Kier molecular flexibility index (Phi) is 7.41. The van der Waals surface area contributed by atoms with Crippen LogP contribution in [0.3, 0.4) is 0 Å². The minimum atomic E-state index is 0.235. The number of nitrogens with zero attached hydrogens (tertiary/aromatic N) is 1. The smallest absolute Gasteiger partial charge is 0.0665 e. The van der Waals surface area contributed by atoms with Crippen molar-refractivity contribution < 1.29 is 0 Å². The molecule has 1 fully saturated rings. The van der Waals surface area contributed by atoms with Crippen LogP contribution in [0.5, 0.6) is 0 Å². The zero-order valence-electron chi connectivity index (χ0n) is 25.2. The number of allylic oxidation sites excluding steroid dienone is 10. The Balaban J connectivity index is 1.29. The summed E-state index contributed by atoms with van der Waals surface area (Å²) in [6.07, 6.45) is 23.0. The van der Waals surface area contributed by atoms with Gasteiger partial charge in [0.1, 0.15) is 0 Å². The third kappa shape index (κ3) is 5.41. The first kappa shape index (κ1) is 27.3. The van der Waals surface area contributed by atoms with Crippen LogP contribution in [0.15, 0.2) is 140 Å². The molecular weight excluding hydrogens is 518 g/mol. The van der Waals surface area contributed by atoms with Gasteiger partial charge in [0.25, 0.3) is 0 Å². The molecule has 212 valence electrons. The normalized spacial score (nSPS) is 23.1. The van der Waals surface area contributed by atoms with Crippen molar-refractivity contribution in [2.45, 2.75) is 39.5 Å². The number of hydrogen-bond donors (Lipinski definition) is 0. The molecule has 1 saturated carbocycles. The quantitative estimate of drug-likeness (QED) is 0.206. The van der Waals surface area contributed by atoms with Gasteiger partial charge in [-0.15, -0.1) is 0 Å². The average molecular weight is 558 g/mol. The topological polar surface area (TPSA) is 12.9 Å². The second-order valence-corrected chi connectivity index (χ2v) is 12.4. The van der Waals surface area contributed by atoms with Crippen LogP contribution >= 0.6 is 0 Å². The summed E-state index contributed by atoms with van der Waals surface area (Å²) < 4.78 is 0. The highest BCUT2D eigenvalue weighted by Gasteiger charge is 2.55. The molecule has 1 nitrogen and oxygen atoms in total. The van der Waals surface area contributed by atoms with Crippen LogP contribution in [-0.4, -0.2) is 4.98 Å². The Morgan fingerprint density at radius 1 is 0.721 bits per heavy atom. The number of aromatic nitrogens is 1. The summed E-state index contributed by atoms with van der Waals surface area (Å²) in [4.78, 5) is 4.83. The van der Waals surface area contributed by atoms with Crippen molar-refractivity contribution in [1.82, 2.24) is 4.98 Å². The zero-order chi connectivity index (χ0) is 29.2. The molecule has 1 aromatic heterocycles. The predicted octanol–water partition coefficient (Wildman–Crippen LogP) is 11.2.